The molecule has 1 heterocycles. The molecule has 0 spiro atoms. The summed E-state index contributed by atoms with van der Waals surface area (Å²) in [5.74, 6) is 0. The maximum atomic E-state index is 4.40. The second kappa shape index (κ2) is 5.87. The number of benzene rings is 1. The SMILES string of the molecule is CSc1ccccc1NC(C)c1nccnc1C. The number of aromatic nitrogens is 2. The Morgan fingerprint density at radius 3 is 2.61 bits per heavy atom. The molecule has 1 aromatic carbocycles. The van der Waals surface area contributed by atoms with E-state index in [9.17, 15) is 0 Å². The number of hydrogen-bond acceptors (Lipinski definition) is 4. The average Bonchev–Trinajstić information content (AvgIpc) is 2.39. The van der Waals surface area contributed by atoms with Crippen molar-refractivity contribution in [2.75, 3.05) is 11.6 Å². The van der Waals surface area contributed by atoms with Crippen LogP contribution in [0.4, 0.5) is 5.69 Å². The van der Waals surface area contributed by atoms with E-state index in [0.29, 0.717) is 0 Å². The van der Waals surface area contributed by atoms with Crippen LogP contribution in [0.1, 0.15) is 24.4 Å². The van der Waals surface area contributed by atoms with Crippen LogP contribution in [0.5, 0.6) is 0 Å². The van der Waals surface area contributed by atoms with E-state index in [4.69, 9.17) is 0 Å². The van der Waals surface area contributed by atoms with Gasteiger partial charge in [-0.25, -0.2) is 0 Å². The molecule has 0 saturated heterocycles. The van der Waals surface area contributed by atoms with Gasteiger partial charge in [-0.3, -0.25) is 9.97 Å². The number of para-hydroxylation sites is 1. The molecule has 3 nitrogen and oxygen atoms in total. The van der Waals surface area contributed by atoms with E-state index in [1.54, 1.807) is 24.2 Å². The summed E-state index contributed by atoms with van der Waals surface area (Å²) in [5.41, 5.74) is 3.11. The molecule has 0 aliphatic carbocycles. The van der Waals surface area contributed by atoms with Crippen molar-refractivity contribution < 1.29 is 0 Å². The Hall–Kier alpha value is -1.55. The van der Waals surface area contributed by atoms with Crippen molar-refractivity contribution in [2.24, 2.45) is 0 Å². The van der Waals surface area contributed by atoms with E-state index in [2.05, 4.69) is 46.7 Å². The number of hydrogen-bond donors (Lipinski definition) is 1. The summed E-state index contributed by atoms with van der Waals surface area (Å²) in [4.78, 5) is 9.92. The molecule has 1 unspecified atom stereocenters. The molecule has 0 amide bonds. The van der Waals surface area contributed by atoms with Crippen molar-refractivity contribution in [3.8, 4) is 0 Å². The fourth-order valence-corrected chi connectivity index (χ4v) is 2.47. The van der Waals surface area contributed by atoms with Crippen molar-refractivity contribution in [1.82, 2.24) is 9.97 Å². The van der Waals surface area contributed by atoms with Crippen LogP contribution in [0.25, 0.3) is 0 Å². The van der Waals surface area contributed by atoms with E-state index in [1.807, 2.05) is 13.0 Å². The van der Waals surface area contributed by atoms with Gasteiger partial charge in [0.25, 0.3) is 0 Å². The lowest BCUT2D eigenvalue weighted by molar-refractivity contribution is 0.807. The van der Waals surface area contributed by atoms with E-state index in [0.717, 1.165) is 17.1 Å². The molecule has 18 heavy (non-hydrogen) atoms. The Bertz CT molecular complexity index is 528. The van der Waals surface area contributed by atoms with Crippen molar-refractivity contribution in [3.63, 3.8) is 0 Å². The van der Waals surface area contributed by atoms with Crippen LogP contribution in [-0.2, 0) is 0 Å². The van der Waals surface area contributed by atoms with Crippen LogP contribution in [-0.4, -0.2) is 16.2 Å². The second-order valence-corrected chi connectivity index (χ2v) is 4.94. The minimum Gasteiger partial charge on any atom is -0.376 e. The molecule has 0 bridgehead atoms. The zero-order chi connectivity index (χ0) is 13.0. The summed E-state index contributed by atoms with van der Waals surface area (Å²) in [7, 11) is 0. The molecule has 0 fully saturated rings. The number of nitrogens with one attached hydrogen (secondary N) is 1. The van der Waals surface area contributed by atoms with Crippen LogP contribution in [0.2, 0.25) is 0 Å². The fourth-order valence-electron chi connectivity index (χ4n) is 1.91. The first kappa shape index (κ1) is 12.9. The number of aryl methyl sites for hydroxylation is 1. The molecule has 2 rings (SSSR count). The van der Waals surface area contributed by atoms with Crippen LogP contribution in [0.3, 0.4) is 0 Å². The highest BCUT2D eigenvalue weighted by molar-refractivity contribution is 7.98. The highest BCUT2D eigenvalue weighted by Crippen LogP contribution is 2.28. The molecule has 4 heteroatoms. The number of nitrogens with zero attached hydrogens (tertiary/aromatic N) is 2. The van der Waals surface area contributed by atoms with Gasteiger partial charge in [-0.15, -0.1) is 11.8 Å². The fraction of sp³-hybridized carbons (Fsp3) is 0.286. The predicted octanol–water partition coefficient (Wildman–Crippen LogP) is 3.68. The van der Waals surface area contributed by atoms with E-state index in [1.165, 1.54) is 4.90 Å². The Kier molecular flexibility index (Phi) is 4.20. The topological polar surface area (TPSA) is 37.8 Å². The minimum atomic E-state index is 0.145. The summed E-state index contributed by atoms with van der Waals surface area (Å²) < 4.78 is 0. The van der Waals surface area contributed by atoms with E-state index < -0.39 is 0 Å². The van der Waals surface area contributed by atoms with Gasteiger partial charge in [0.15, 0.2) is 0 Å². The number of rotatable bonds is 4. The summed E-state index contributed by atoms with van der Waals surface area (Å²) >= 11 is 1.74. The second-order valence-electron chi connectivity index (χ2n) is 4.09. The Morgan fingerprint density at radius 2 is 1.89 bits per heavy atom. The molecule has 1 aromatic heterocycles. The van der Waals surface area contributed by atoms with Gasteiger partial charge in [0.1, 0.15) is 0 Å². The van der Waals surface area contributed by atoms with Crippen molar-refractivity contribution in [1.29, 1.82) is 0 Å². The normalized spacial score (nSPS) is 12.2. The quantitative estimate of drug-likeness (QED) is 0.850. The van der Waals surface area contributed by atoms with Crippen LogP contribution >= 0.6 is 11.8 Å². The summed E-state index contributed by atoms with van der Waals surface area (Å²) in [5, 5.41) is 3.50. The van der Waals surface area contributed by atoms with Gasteiger partial charge >= 0.3 is 0 Å². The maximum absolute atomic E-state index is 4.40. The highest BCUT2D eigenvalue weighted by atomic mass is 32.2. The van der Waals surface area contributed by atoms with Gasteiger partial charge in [0, 0.05) is 23.0 Å². The van der Waals surface area contributed by atoms with Gasteiger partial charge in [0.2, 0.25) is 0 Å². The maximum Gasteiger partial charge on any atom is 0.0835 e. The molecule has 1 N–H and O–H groups in total. The smallest absolute Gasteiger partial charge is 0.0835 e. The largest absolute Gasteiger partial charge is 0.376 e. The third-order valence-corrected chi connectivity index (χ3v) is 3.60. The third kappa shape index (κ3) is 2.82. The molecular weight excluding hydrogens is 242 g/mol. The van der Waals surface area contributed by atoms with Gasteiger partial charge in [-0.2, -0.15) is 0 Å². The lowest BCUT2D eigenvalue weighted by atomic mass is 10.1. The van der Waals surface area contributed by atoms with Crippen molar-refractivity contribution in [2.45, 2.75) is 24.8 Å². The molecule has 0 aliphatic rings. The van der Waals surface area contributed by atoms with Gasteiger partial charge in [-0.1, -0.05) is 12.1 Å². The lowest BCUT2D eigenvalue weighted by Crippen LogP contribution is -2.11. The molecule has 94 valence electrons. The molecular formula is C14H17N3S. The third-order valence-electron chi connectivity index (χ3n) is 2.81. The summed E-state index contributed by atoms with van der Waals surface area (Å²) in [6.45, 7) is 4.09. The first-order valence-corrected chi connectivity index (χ1v) is 7.12. The van der Waals surface area contributed by atoms with Crippen LogP contribution in [0, 0.1) is 6.92 Å². The number of anilines is 1. The zero-order valence-electron chi connectivity index (χ0n) is 10.8. The molecule has 0 aliphatic heterocycles. The standard InChI is InChI=1S/C14H17N3S/c1-10-14(16-9-8-15-10)11(2)17-12-6-4-5-7-13(12)18-3/h4-9,11,17H,1-3H3. The first-order valence-electron chi connectivity index (χ1n) is 5.89. The van der Waals surface area contributed by atoms with Gasteiger partial charge in [-0.05, 0) is 32.2 Å². The highest BCUT2D eigenvalue weighted by Gasteiger charge is 2.11. The molecule has 2 aromatic rings. The van der Waals surface area contributed by atoms with Crippen molar-refractivity contribution in [3.05, 3.63) is 48.0 Å². The van der Waals surface area contributed by atoms with Crippen LogP contribution in [0.15, 0.2) is 41.6 Å². The Labute approximate surface area is 112 Å². The minimum absolute atomic E-state index is 0.145. The lowest BCUT2D eigenvalue weighted by Gasteiger charge is -2.17. The van der Waals surface area contributed by atoms with Crippen LogP contribution < -0.4 is 5.32 Å². The predicted molar refractivity (Wildman–Crippen MR) is 77.0 cm³/mol. The van der Waals surface area contributed by atoms with Crippen molar-refractivity contribution >= 4 is 17.4 Å². The monoisotopic (exact) mass is 259 g/mol. The summed E-state index contributed by atoms with van der Waals surface area (Å²) in [6.07, 6.45) is 5.54. The zero-order valence-corrected chi connectivity index (χ0v) is 11.7. The Morgan fingerprint density at radius 1 is 1.17 bits per heavy atom. The molecule has 0 saturated carbocycles. The molecule has 1 atom stereocenters. The summed E-state index contributed by atoms with van der Waals surface area (Å²) in [6, 6.07) is 8.44. The van der Waals surface area contributed by atoms with E-state index in [-0.39, 0.29) is 6.04 Å². The number of thioether (sulfide) groups is 1. The first-order chi connectivity index (χ1) is 8.72. The molecule has 0 radical (unpaired) electrons. The average molecular weight is 259 g/mol. The van der Waals surface area contributed by atoms with Gasteiger partial charge in [0.05, 0.1) is 17.4 Å². The Balaban J connectivity index is 2.21. The van der Waals surface area contributed by atoms with E-state index >= 15 is 0 Å². The van der Waals surface area contributed by atoms with Gasteiger partial charge < -0.3 is 5.32 Å².